The summed E-state index contributed by atoms with van der Waals surface area (Å²) < 4.78 is 0. The molecule has 0 atom stereocenters. The van der Waals surface area contributed by atoms with Gasteiger partial charge in [-0.1, -0.05) is 30.3 Å². The van der Waals surface area contributed by atoms with Crippen LogP contribution in [0.2, 0.25) is 0 Å². The Morgan fingerprint density at radius 3 is 2.77 bits per heavy atom. The summed E-state index contributed by atoms with van der Waals surface area (Å²) in [7, 11) is 0. The van der Waals surface area contributed by atoms with Crippen LogP contribution in [-0.4, -0.2) is 6.29 Å². The molecule has 1 aliphatic carbocycles. The van der Waals surface area contributed by atoms with Crippen molar-refractivity contribution in [2.75, 3.05) is 0 Å². The Labute approximate surface area is 78.1 Å². The van der Waals surface area contributed by atoms with E-state index in [1.54, 1.807) is 0 Å². The number of aldehydes is 1. The average Bonchev–Trinajstić information content (AvgIpc) is 2.70. The summed E-state index contributed by atoms with van der Waals surface area (Å²) in [4.78, 5) is 10.8. The number of benzene rings is 1. The molecule has 1 aromatic rings. The van der Waals surface area contributed by atoms with E-state index in [1.807, 2.05) is 24.3 Å². The molecule has 1 aliphatic rings. The van der Waals surface area contributed by atoms with Crippen molar-refractivity contribution in [1.82, 2.24) is 0 Å². The number of hydrogen-bond acceptors (Lipinski definition) is 1. The molecule has 1 heteroatoms. The van der Waals surface area contributed by atoms with Gasteiger partial charge >= 0.3 is 0 Å². The molecule has 66 valence electrons. The van der Waals surface area contributed by atoms with E-state index >= 15 is 0 Å². The third-order valence-electron chi connectivity index (χ3n) is 2.47. The van der Waals surface area contributed by atoms with Crippen molar-refractivity contribution in [3.8, 4) is 0 Å². The van der Waals surface area contributed by atoms with Gasteiger partial charge in [0.2, 0.25) is 0 Å². The summed E-state index contributed by atoms with van der Waals surface area (Å²) in [6.07, 6.45) is 6.67. The largest absolute Gasteiger partial charge is 0.298 e. The van der Waals surface area contributed by atoms with Gasteiger partial charge in [-0.15, -0.1) is 0 Å². The first-order valence-electron chi connectivity index (χ1n) is 4.65. The standard InChI is InChI=1S/C12H12O/c13-9-11-7-3-4-8-12(11)10-5-1-2-6-10/h3-5,7-9H,1-2,6H2. The molecule has 0 N–H and O–H groups in total. The Morgan fingerprint density at radius 1 is 1.23 bits per heavy atom. The van der Waals surface area contributed by atoms with Gasteiger partial charge in [0, 0.05) is 5.56 Å². The first-order valence-corrected chi connectivity index (χ1v) is 4.65. The number of hydrogen-bond donors (Lipinski definition) is 0. The van der Waals surface area contributed by atoms with E-state index in [2.05, 4.69) is 6.08 Å². The Hall–Kier alpha value is -1.37. The van der Waals surface area contributed by atoms with E-state index in [9.17, 15) is 4.79 Å². The fourth-order valence-corrected chi connectivity index (χ4v) is 1.81. The molecule has 0 amide bonds. The number of rotatable bonds is 2. The second-order valence-corrected chi connectivity index (χ2v) is 3.33. The highest BCUT2D eigenvalue weighted by atomic mass is 16.1. The van der Waals surface area contributed by atoms with Gasteiger partial charge < -0.3 is 0 Å². The van der Waals surface area contributed by atoms with Crippen molar-refractivity contribution >= 4 is 11.9 Å². The summed E-state index contributed by atoms with van der Waals surface area (Å²) in [6, 6.07) is 7.80. The molecule has 0 aromatic heterocycles. The van der Waals surface area contributed by atoms with E-state index < -0.39 is 0 Å². The maximum Gasteiger partial charge on any atom is 0.150 e. The fourth-order valence-electron chi connectivity index (χ4n) is 1.81. The summed E-state index contributed by atoms with van der Waals surface area (Å²) in [5, 5.41) is 0. The minimum absolute atomic E-state index is 0.815. The lowest BCUT2D eigenvalue weighted by Gasteiger charge is -2.04. The summed E-state index contributed by atoms with van der Waals surface area (Å²) in [5.74, 6) is 0. The molecule has 0 saturated heterocycles. The Bertz CT molecular complexity index is 350. The zero-order valence-electron chi connectivity index (χ0n) is 7.49. The van der Waals surface area contributed by atoms with Crippen LogP contribution in [0.25, 0.3) is 5.57 Å². The van der Waals surface area contributed by atoms with E-state index in [0.29, 0.717) is 0 Å². The quantitative estimate of drug-likeness (QED) is 0.626. The fraction of sp³-hybridized carbons (Fsp3) is 0.250. The topological polar surface area (TPSA) is 17.1 Å². The van der Waals surface area contributed by atoms with Crippen LogP contribution >= 0.6 is 0 Å². The monoisotopic (exact) mass is 172 g/mol. The van der Waals surface area contributed by atoms with Gasteiger partial charge in [0.25, 0.3) is 0 Å². The molecule has 0 fully saturated rings. The lowest BCUT2D eigenvalue weighted by atomic mass is 10.0. The third-order valence-corrected chi connectivity index (χ3v) is 2.47. The normalized spacial score (nSPS) is 15.5. The molecule has 0 aliphatic heterocycles. The maximum atomic E-state index is 10.8. The minimum Gasteiger partial charge on any atom is -0.298 e. The maximum absolute atomic E-state index is 10.8. The van der Waals surface area contributed by atoms with Crippen LogP contribution in [0.5, 0.6) is 0 Å². The summed E-state index contributed by atoms with van der Waals surface area (Å²) >= 11 is 0. The van der Waals surface area contributed by atoms with E-state index in [1.165, 1.54) is 12.0 Å². The van der Waals surface area contributed by atoms with Crippen molar-refractivity contribution in [2.24, 2.45) is 0 Å². The van der Waals surface area contributed by atoms with Crippen molar-refractivity contribution in [1.29, 1.82) is 0 Å². The molecule has 13 heavy (non-hydrogen) atoms. The predicted molar refractivity (Wildman–Crippen MR) is 53.7 cm³/mol. The highest BCUT2D eigenvalue weighted by molar-refractivity contribution is 5.85. The van der Waals surface area contributed by atoms with E-state index in [0.717, 1.165) is 30.3 Å². The first kappa shape index (κ1) is 8.24. The highest BCUT2D eigenvalue weighted by Crippen LogP contribution is 2.28. The van der Waals surface area contributed by atoms with E-state index in [4.69, 9.17) is 0 Å². The molecule has 1 nitrogen and oxygen atoms in total. The molecule has 0 radical (unpaired) electrons. The molecule has 0 spiro atoms. The van der Waals surface area contributed by atoms with Crippen LogP contribution in [0.3, 0.4) is 0 Å². The molecular formula is C12H12O. The van der Waals surface area contributed by atoms with Crippen molar-refractivity contribution in [2.45, 2.75) is 19.3 Å². The van der Waals surface area contributed by atoms with Gasteiger partial charge in [-0.3, -0.25) is 4.79 Å². The van der Waals surface area contributed by atoms with Gasteiger partial charge in [-0.05, 0) is 30.4 Å². The minimum atomic E-state index is 0.815. The highest BCUT2D eigenvalue weighted by Gasteiger charge is 2.09. The van der Waals surface area contributed by atoms with Crippen molar-refractivity contribution in [3.63, 3.8) is 0 Å². The van der Waals surface area contributed by atoms with Crippen LogP contribution in [0.4, 0.5) is 0 Å². The molecular weight excluding hydrogens is 160 g/mol. The van der Waals surface area contributed by atoms with Crippen molar-refractivity contribution < 1.29 is 4.79 Å². The zero-order valence-corrected chi connectivity index (χ0v) is 7.49. The SMILES string of the molecule is O=Cc1ccccc1C1=CCCC1. The van der Waals surface area contributed by atoms with Gasteiger partial charge in [0.15, 0.2) is 6.29 Å². The van der Waals surface area contributed by atoms with Gasteiger partial charge in [0.05, 0.1) is 0 Å². The Morgan fingerprint density at radius 2 is 2.08 bits per heavy atom. The molecule has 0 saturated carbocycles. The summed E-state index contributed by atoms with van der Waals surface area (Å²) in [6.45, 7) is 0. The van der Waals surface area contributed by atoms with Gasteiger partial charge in [-0.2, -0.15) is 0 Å². The number of carbonyl (C=O) groups is 1. The molecule has 0 bridgehead atoms. The summed E-state index contributed by atoms with van der Waals surface area (Å²) in [5.41, 5.74) is 3.27. The van der Waals surface area contributed by atoms with E-state index in [-0.39, 0.29) is 0 Å². The second kappa shape index (κ2) is 3.56. The van der Waals surface area contributed by atoms with Gasteiger partial charge in [-0.25, -0.2) is 0 Å². The number of carbonyl (C=O) groups excluding carboxylic acids is 1. The van der Waals surface area contributed by atoms with Crippen LogP contribution in [0.15, 0.2) is 30.3 Å². The molecule has 1 aromatic carbocycles. The van der Waals surface area contributed by atoms with Crippen LogP contribution in [0.1, 0.15) is 35.2 Å². The smallest absolute Gasteiger partial charge is 0.150 e. The molecule has 0 heterocycles. The zero-order chi connectivity index (χ0) is 9.10. The Balaban J connectivity index is 2.43. The third kappa shape index (κ3) is 1.55. The lowest BCUT2D eigenvalue weighted by Crippen LogP contribution is -1.89. The molecule has 2 rings (SSSR count). The van der Waals surface area contributed by atoms with Crippen LogP contribution in [-0.2, 0) is 0 Å². The first-order chi connectivity index (χ1) is 6.42. The van der Waals surface area contributed by atoms with Gasteiger partial charge in [0.1, 0.15) is 0 Å². The second-order valence-electron chi connectivity index (χ2n) is 3.33. The number of allylic oxidation sites excluding steroid dienone is 2. The average molecular weight is 172 g/mol. The molecule has 0 unspecified atom stereocenters. The lowest BCUT2D eigenvalue weighted by molar-refractivity contribution is 0.112. The van der Waals surface area contributed by atoms with Crippen LogP contribution in [0, 0.1) is 0 Å². The van der Waals surface area contributed by atoms with Crippen molar-refractivity contribution in [3.05, 3.63) is 41.5 Å². The predicted octanol–water partition coefficient (Wildman–Crippen LogP) is 3.07. The Kier molecular flexibility index (Phi) is 2.26. The van der Waals surface area contributed by atoms with Crippen LogP contribution < -0.4 is 0 Å².